The molecule has 3 rings (SSSR count). The number of hydrogen-bond donors (Lipinski definition) is 1. The summed E-state index contributed by atoms with van der Waals surface area (Å²) in [7, 11) is 0. The molecule has 2 aliphatic rings. The van der Waals surface area contributed by atoms with Gasteiger partial charge in [0.15, 0.2) is 0 Å². The Bertz CT molecular complexity index is 358. The summed E-state index contributed by atoms with van der Waals surface area (Å²) in [4.78, 5) is 0. The largest absolute Gasteiger partial charge is 0.369 e. The van der Waals surface area contributed by atoms with E-state index in [0.29, 0.717) is 12.2 Å². The van der Waals surface area contributed by atoms with Gasteiger partial charge < -0.3 is 10.1 Å². The summed E-state index contributed by atoms with van der Waals surface area (Å²) in [5, 5.41) is 3.36. The van der Waals surface area contributed by atoms with E-state index in [9.17, 15) is 0 Å². The number of ether oxygens (including phenoxy) is 1. The molecule has 86 valence electrons. The molecule has 16 heavy (non-hydrogen) atoms. The molecule has 0 radical (unpaired) electrons. The summed E-state index contributed by atoms with van der Waals surface area (Å²) in [5.41, 5.74) is 2.92. The van der Waals surface area contributed by atoms with Crippen LogP contribution in [-0.2, 0) is 11.2 Å². The average molecular weight is 217 g/mol. The Hall–Kier alpha value is -0.860. The first-order valence-electron chi connectivity index (χ1n) is 6.37. The van der Waals surface area contributed by atoms with Crippen LogP contribution in [0.3, 0.4) is 0 Å². The molecule has 0 saturated carbocycles. The molecule has 0 amide bonds. The van der Waals surface area contributed by atoms with Crippen LogP contribution in [-0.4, -0.2) is 19.2 Å². The number of fused-ring (bicyclic) bond motifs is 1. The van der Waals surface area contributed by atoms with Crippen molar-refractivity contribution in [3.8, 4) is 0 Å². The van der Waals surface area contributed by atoms with Gasteiger partial charge in [0.25, 0.3) is 0 Å². The summed E-state index contributed by atoms with van der Waals surface area (Å²) in [6.07, 6.45) is 5.61. The van der Waals surface area contributed by atoms with Crippen molar-refractivity contribution in [3.63, 3.8) is 0 Å². The Morgan fingerprint density at radius 1 is 1.19 bits per heavy atom. The van der Waals surface area contributed by atoms with E-state index in [1.807, 2.05) is 0 Å². The zero-order chi connectivity index (χ0) is 10.8. The molecule has 0 bridgehead atoms. The van der Waals surface area contributed by atoms with Crippen LogP contribution in [0.25, 0.3) is 0 Å². The normalized spacial score (nSPS) is 29.0. The quantitative estimate of drug-likeness (QED) is 0.821. The Labute approximate surface area is 97.0 Å². The van der Waals surface area contributed by atoms with Crippen LogP contribution in [0.2, 0.25) is 0 Å². The number of rotatable bonds is 2. The highest BCUT2D eigenvalue weighted by molar-refractivity contribution is 5.31. The van der Waals surface area contributed by atoms with Gasteiger partial charge in [0.05, 0.1) is 12.2 Å². The molecule has 1 aliphatic carbocycles. The molecule has 1 fully saturated rings. The van der Waals surface area contributed by atoms with Gasteiger partial charge in [-0.2, -0.15) is 0 Å². The second-order valence-electron chi connectivity index (χ2n) is 4.83. The molecule has 0 aromatic heterocycles. The summed E-state index contributed by atoms with van der Waals surface area (Å²) >= 11 is 0. The van der Waals surface area contributed by atoms with Gasteiger partial charge in [0, 0.05) is 6.54 Å². The number of hydrogen-bond acceptors (Lipinski definition) is 2. The van der Waals surface area contributed by atoms with Crippen LogP contribution in [0.4, 0.5) is 0 Å². The third-order valence-electron chi connectivity index (χ3n) is 3.69. The number of nitrogens with one attached hydrogen (secondary N) is 1. The van der Waals surface area contributed by atoms with Crippen molar-refractivity contribution in [1.29, 1.82) is 0 Å². The first-order valence-corrected chi connectivity index (χ1v) is 6.37. The van der Waals surface area contributed by atoms with Gasteiger partial charge in [0.1, 0.15) is 0 Å². The second kappa shape index (κ2) is 4.56. The van der Waals surface area contributed by atoms with Gasteiger partial charge in [-0.3, -0.25) is 0 Å². The highest BCUT2D eigenvalue weighted by Gasteiger charge is 2.25. The maximum atomic E-state index is 6.22. The molecule has 1 saturated heterocycles. The minimum Gasteiger partial charge on any atom is -0.369 e. The van der Waals surface area contributed by atoms with Crippen molar-refractivity contribution in [3.05, 3.63) is 35.4 Å². The maximum Gasteiger partial charge on any atom is 0.0832 e. The molecule has 1 aromatic rings. The Morgan fingerprint density at radius 2 is 2.12 bits per heavy atom. The van der Waals surface area contributed by atoms with E-state index >= 15 is 0 Å². The summed E-state index contributed by atoms with van der Waals surface area (Å²) < 4.78 is 6.22. The molecule has 0 spiro atoms. The first-order chi connectivity index (χ1) is 7.93. The fourth-order valence-corrected chi connectivity index (χ4v) is 2.83. The molecule has 2 nitrogen and oxygen atoms in total. The van der Waals surface area contributed by atoms with E-state index < -0.39 is 0 Å². The molecule has 1 N–H and O–H groups in total. The summed E-state index contributed by atoms with van der Waals surface area (Å²) in [5.74, 6) is 0. The molecule has 1 aromatic carbocycles. The predicted molar refractivity (Wildman–Crippen MR) is 64.5 cm³/mol. The lowest BCUT2D eigenvalue weighted by Gasteiger charge is -2.28. The van der Waals surface area contributed by atoms with Crippen LogP contribution in [0.1, 0.15) is 36.5 Å². The van der Waals surface area contributed by atoms with Gasteiger partial charge in [-0.05, 0) is 43.4 Å². The third kappa shape index (κ3) is 2.00. The average Bonchev–Trinajstić information content (AvgIpc) is 2.82. The Morgan fingerprint density at radius 3 is 3.00 bits per heavy atom. The zero-order valence-corrected chi connectivity index (χ0v) is 9.61. The van der Waals surface area contributed by atoms with E-state index in [2.05, 4.69) is 29.6 Å². The van der Waals surface area contributed by atoms with Crippen LogP contribution >= 0.6 is 0 Å². The number of benzene rings is 1. The molecule has 2 atom stereocenters. The van der Waals surface area contributed by atoms with E-state index in [1.54, 1.807) is 0 Å². The molecular weight excluding hydrogens is 198 g/mol. The minimum absolute atomic E-state index is 0.342. The van der Waals surface area contributed by atoms with E-state index in [-0.39, 0.29) is 0 Å². The Balaban J connectivity index is 1.76. The van der Waals surface area contributed by atoms with Gasteiger partial charge in [-0.1, -0.05) is 24.3 Å². The lowest BCUT2D eigenvalue weighted by molar-refractivity contribution is -0.0115. The highest BCUT2D eigenvalue weighted by atomic mass is 16.5. The standard InChI is InChI=1S/C14H19NO/c1-2-6-13-11(4-1)5-3-7-14(13)16-12-8-9-15-10-12/h1-2,4,6,12,14-15H,3,5,7-10H2/t12-,14?/m1/s1. The molecule has 2 heteroatoms. The minimum atomic E-state index is 0.342. The van der Waals surface area contributed by atoms with Gasteiger partial charge in [-0.25, -0.2) is 0 Å². The van der Waals surface area contributed by atoms with Crippen LogP contribution in [0, 0.1) is 0 Å². The topological polar surface area (TPSA) is 21.3 Å². The van der Waals surface area contributed by atoms with Crippen molar-refractivity contribution < 1.29 is 4.74 Å². The lowest BCUT2D eigenvalue weighted by atomic mass is 9.89. The monoisotopic (exact) mass is 217 g/mol. The predicted octanol–water partition coefficient (Wildman–Crippen LogP) is 2.44. The van der Waals surface area contributed by atoms with Crippen molar-refractivity contribution in [2.75, 3.05) is 13.1 Å². The highest BCUT2D eigenvalue weighted by Crippen LogP contribution is 2.33. The summed E-state index contributed by atoms with van der Waals surface area (Å²) in [6.45, 7) is 2.14. The molecular formula is C14H19NO. The van der Waals surface area contributed by atoms with E-state index in [0.717, 1.165) is 13.1 Å². The van der Waals surface area contributed by atoms with Crippen molar-refractivity contribution >= 4 is 0 Å². The van der Waals surface area contributed by atoms with Crippen LogP contribution in [0.5, 0.6) is 0 Å². The first kappa shape index (κ1) is 10.3. The third-order valence-corrected chi connectivity index (χ3v) is 3.69. The summed E-state index contributed by atoms with van der Waals surface area (Å²) in [6, 6.07) is 8.76. The zero-order valence-electron chi connectivity index (χ0n) is 9.61. The molecule has 1 aliphatic heterocycles. The van der Waals surface area contributed by atoms with E-state index in [1.165, 1.54) is 36.8 Å². The van der Waals surface area contributed by atoms with Gasteiger partial charge >= 0.3 is 0 Å². The van der Waals surface area contributed by atoms with Crippen LogP contribution < -0.4 is 5.32 Å². The Kier molecular flexibility index (Phi) is 2.94. The second-order valence-corrected chi connectivity index (χ2v) is 4.83. The van der Waals surface area contributed by atoms with Crippen molar-refractivity contribution in [2.45, 2.75) is 37.9 Å². The number of aryl methyl sites for hydroxylation is 1. The SMILES string of the molecule is c1ccc2c(c1)CCCC2O[C@@H]1CCNC1. The lowest BCUT2D eigenvalue weighted by Crippen LogP contribution is -2.22. The van der Waals surface area contributed by atoms with Crippen molar-refractivity contribution in [1.82, 2.24) is 5.32 Å². The fourth-order valence-electron chi connectivity index (χ4n) is 2.83. The van der Waals surface area contributed by atoms with Gasteiger partial charge in [0.2, 0.25) is 0 Å². The van der Waals surface area contributed by atoms with Crippen molar-refractivity contribution in [2.24, 2.45) is 0 Å². The van der Waals surface area contributed by atoms with E-state index in [4.69, 9.17) is 4.74 Å². The van der Waals surface area contributed by atoms with Gasteiger partial charge in [-0.15, -0.1) is 0 Å². The molecule has 1 heterocycles. The van der Waals surface area contributed by atoms with Crippen LogP contribution in [0.15, 0.2) is 24.3 Å². The fraction of sp³-hybridized carbons (Fsp3) is 0.571. The smallest absolute Gasteiger partial charge is 0.0832 e. The maximum absolute atomic E-state index is 6.22. The molecule has 1 unspecified atom stereocenters.